The summed E-state index contributed by atoms with van der Waals surface area (Å²) in [5.41, 5.74) is 7.48. The van der Waals surface area contributed by atoms with E-state index in [4.69, 9.17) is 9.49 Å². The lowest BCUT2D eigenvalue weighted by atomic mass is 10.2. The number of anilines is 3. The van der Waals surface area contributed by atoms with Crippen LogP contribution < -0.4 is 21.5 Å². The fraction of sp³-hybridized carbons (Fsp3) is 0.333. The third-order valence-corrected chi connectivity index (χ3v) is 5.90. The van der Waals surface area contributed by atoms with Crippen LogP contribution >= 0.6 is 0 Å². The Hall–Kier alpha value is -4.14. The van der Waals surface area contributed by atoms with Crippen molar-refractivity contribution in [3.05, 3.63) is 66.7 Å². The van der Waals surface area contributed by atoms with Gasteiger partial charge in [0.1, 0.15) is 6.61 Å². The predicted octanol–water partition coefficient (Wildman–Crippen LogP) is 1.29. The summed E-state index contributed by atoms with van der Waals surface area (Å²) in [7, 11) is 9.39. The monoisotopic (exact) mass is 525 g/mol. The number of amidine groups is 1. The molecule has 0 saturated heterocycles. The molecule has 0 aromatic carbocycles. The van der Waals surface area contributed by atoms with Gasteiger partial charge in [-0.05, 0) is 24.4 Å². The minimum atomic E-state index is -1.15. The van der Waals surface area contributed by atoms with Crippen LogP contribution in [0.4, 0.5) is 17.1 Å². The number of aliphatic hydroxyl groups excluding tert-OH is 1. The molecule has 0 saturated carbocycles. The van der Waals surface area contributed by atoms with Gasteiger partial charge in [-0.15, -0.1) is 5.10 Å². The number of rotatable bonds is 15. The third kappa shape index (κ3) is 7.44. The standard InChI is InChI=1S/C24H36BN9O4/c1-7-31(2)23(29-30-38-16-22-10-19(14-34(22)5)28-25-37-6)24(36)27-18-9-20(32(3)13-18)11-26-17-8-21(15-35)33(4)12-17/h7-10,12-15,24-28,30,36H,1,11,16H2,2-6H3/b29-23-. The molecule has 3 heterocycles. The number of aryl methyl sites for hydroxylation is 3. The van der Waals surface area contributed by atoms with E-state index in [9.17, 15) is 9.90 Å². The minimum absolute atomic E-state index is 0.244. The number of carbonyl (C=O) groups is 1. The van der Waals surface area contributed by atoms with E-state index in [1.165, 1.54) is 6.20 Å². The largest absolute Gasteiger partial charge is 0.422 e. The zero-order valence-corrected chi connectivity index (χ0v) is 22.4. The van der Waals surface area contributed by atoms with Crippen LogP contribution in [0.2, 0.25) is 0 Å². The number of hydrogen-bond donors (Lipinski definition) is 5. The molecule has 0 fully saturated rings. The van der Waals surface area contributed by atoms with Crippen molar-refractivity contribution >= 4 is 36.8 Å². The van der Waals surface area contributed by atoms with Crippen molar-refractivity contribution in [2.24, 2.45) is 26.2 Å². The molecule has 204 valence electrons. The topological polar surface area (TPSA) is 134 Å². The number of aldehydes is 1. The highest BCUT2D eigenvalue weighted by molar-refractivity contribution is 6.32. The Labute approximate surface area is 222 Å². The molecular formula is C24H36BN9O4. The second-order valence-corrected chi connectivity index (χ2v) is 8.70. The summed E-state index contributed by atoms with van der Waals surface area (Å²) in [4.78, 5) is 18.2. The van der Waals surface area contributed by atoms with Crippen molar-refractivity contribution in [1.29, 1.82) is 0 Å². The Kier molecular flexibility index (Phi) is 10.0. The average molecular weight is 525 g/mol. The van der Waals surface area contributed by atoms with Gasteiger partial charge in [0, 0.05) is 71.0 Å². The van der Waals surface area contributed by atoms with Gasteiger partial charge in [-0.25, -0.2) is 0 Å². The van der Waals surface area contributed by atoms with Crippen molar-refractivity contribution in [3.63, 3.8) is 0 Å². The second-order valence-electron chi connectivity index (χ2n) is 8.70. The van der Waals surface area contributed by atoms with E-state index >= 15 is 0 Å². The lowest BCUT2D eigenvalue weighted by Gasteiger charge is -2.22. The lowest BCUT2D eigenvalue weighted by molar-refractivity contribution is 0.0252. The zero-order valence-electron chi connectivity index (χ0n) is 22.4. The molecule has 3 aromatic rings. The van der Waals surface area contributed by atoms with E-state index in [-0.39, 0.29) is 12.4 Å². The Morgan fingerprint density at radius 2 is 1.82 bits per heavy atom. The number of hydrazone groups is 1. The number of nitrogens with zero attached hydrogens (tertiary/aromatic N) is 5. The maximum atomic E-state index is 11.1. The second kappa shape index (κ2) is 13.4. The zero-order chi connectivity index (χ0) is 27.7. The fourth-order valence-corrected chi connectivity index (χ4v) is 3.69. The van der Waals surface area contributed by atoms with Crippen LogP contribution in [-0.2, 0) is 43.8 Å². The predicted molar refractivity (Wildman–Crippen MR) is 150 cm³/mol. The van der Waals surface area contributed by atoms with Crippen LogP contribution in [0.1, 0.15) is 21.9 Å². The number of likely N-dealkylation sites (N-methyl/N-ethyl adjacent to an activating group) is 1. The molecule has 1 atom stereocenters. The lowest BCUT2D eigenvalue weighted by Crippen LogP contribution is -2.39. The van der Waals surface area contributed by atoms with Crippen LogP contribution in [0.15, 0.2) is 54.7 Å². The summed E-state index contributed by atoms with van der Waals surface area (Å²) in [6, 6.07) is 5.65. The van der Waals surface area contributed by atoms with Crippen LogP contribution in [0.5, 0.6) is 0 Å². The molecule has 0 radical (unpaired) electrons. The summed E-state index contributed by atoms with van der Waals surface area (Å²) in [5, 5.41) is 24.6. The molecule has 5 N–H and O–H groups in total. The molecule has 14 heteroatoms. The number of carbonyl (C=O) groups excluding carboxylic acids is 1. The van der Waals surface area contributed by atoms with Gasteiger partial charge in [-0.2, -0.15) is 5.59 Å². The molecule has 1 unspecified atom stereocenters. The third-order valence-electron chi connectivity index (χ3n) is 5.90. The first-order chi connectivity index (χ1) is 18.2. The van der Waals surface area contributed by atoms with E-state index in [1.54, 1.807) is 29.7 Å². The molecule has 0 amide bonds. The summed E-state index contributed by atoms with van der Waals surface area (Å²) in [6.07, 6.45) is 6.84. The maximum absolute atomic E-state index is 11.1. The van der Waals surface area contributed by atoms with E-state index in [1.807, 2.05) is 61.0 Å². The van der Waals surface area contributed by atoms with Crippen molar-refractivity contribution < 1.29 is 19.4 Å². The van der Waals surface area contributed by atoms with E-state index in [2.05, 4.69) is 33.1 Å². The minimum Gasteiger partial charge on any atom is -0.422 e. The highest BCUT2D eigenvalue weighted by Gasteiger charge is 2.17. The Morgan fingerprint density at radius 1 is 1.13 bits per heavy atom. The van der Waals surface area contributed by atoms with Crippen molar-refractivity contribution in [1.82, 2.24) is 24.2 Å². The molecule has 0 aliphatic carbocycles. The van der Waals surface area contributed by atoms with Gasteiger partial charge >= 0.3 is 7.62 Å². The van der Waals surface area contributed by atoms with Gasteiger partial charge < -0.3 is 44.2 Å². The first-order valence-electron chi connectivity index (χ1n) is 11.9. The van der Waals surface area contributed by atoms with Crippen LogP contribution in [0, 0.1) is 0 Å². The van der Waals surface area contributed by atoms with Gasteiger partial charge in [0.25, 0.3) is 0 Å². The van der Waals surface area contributed by atoms with Crippen molar-refractivity contribution in [2.45, 2.75) is 19.4 Å². The maximum Gasteiger partial charge on any atom is 0.393 e. The number of nitrogens with one attached hydrogen (secondary N) is 4. The molecule has 0 aliphatic rings. The molecule has 38 heavy (non-hydrogen) atoms. The van der Waals surface area contributed by atoms with Crippen molar-refractivity contribution in [2.75, 3.05) is 30.0 Å². The molecule has 3 rings (SSSR count). The normalized spacial score (nSPS) is 12.1. The van der Waals surface area contributed by atoms with Gasteiger partial charge in [0.05, 0.1) is 23.6 Å². The quantitative estimate of drug-likeness (QED) is 0.0379. The number of aromatic nitrogens is 3. The molecule has 0 bridgehead atoms. The van der Waals surface area contributed by atoms with E-state index in [0.717, 1.165) is 29.0 Å². The Balaban J connectivity index is 1.58. The summed E-state index contributed by atoms with van der Waals surface area (Å²) in [6.45, 7) is 4.53. The molecule has 0 spiro atoms. The smallest absolute Gasteiger partial charge is 0.393 e. The van der Waals surface area contributed by atoms with Gasteiger partial charge in [0.15, 0.2) is 18.3 Å². The average Bonchev–Trinajstić information content (AvgIpc) is 3.56. The Morgan fingerprint density at radius 3 is 2.50 bits per heavy atom. The first-order valence-corrected chi connectivity index (χ1v) is 11.9. The van der Waals surface area contributed by atoms with E-state index in [0.29, 0.717) is 25.5 Å². The van der Waals surface area contributed by atoms with Crippen LogP contribution in [-0.4, -0.2) is 63.8 Å². The summed E-state index contributed by atoms with van der Waals surface area (Å²) >= 11 is 0. The molecule has 0 aliphatic heterocycles. The summed E-state index contributed by atoms with van der Waals surface area (Å²) < 4.78 is 10.7. The van der Waals surface area contributed by atoms with Crippen molar-refractivity contribution in [3.8, 4) is 0 Å². The number of aliphatic hydroxyl groups is 1. The van der Waals surface area contributed by atoms with Gasteiger partial charge in [0.2, 0.25) is 0 Å². The first kappa shape index (κ1) is 28.4. The Bertz CT molecular complexity index is 1250. The molecule has 13 nitrogen and oxygen atoms in total. The van der Waals surface area contributed by atoms with Gasteiger partial charge in [-0.3, -0.25) is 9.63 Å². The van der Waals surface area contributed by atoms with E-state index < -0.39 is 6.23 Å². The SMILES string of the molecule is C=CN(C)/C(=N\NOCc1cc(NBOC)cn1C)C(O)Nc1cc(CNc2cc(C=O)n(C)c2)n(C)c1. The molecular weight excluding hydrogens is 489 g/mol. The highest BCUT2D eigenvalue weighted by atomic mass is 16.7. The molecule has 3 aromatic heterocycles. The number of hydrogen-bond acceptors (Lipinski definition) is 9. The van der Waals surface area contributed by atoms with Crippen LogP contribution in [0.25, 0.3) is 0 Å². The fourth-order valence-electron chi connectivity index (χ4n) is 3.69. The summed E-state index contributed by atoms with van der Waals surface area (Å²) in [5.74, 6) is 0.253. The van der Waals surface area contributed by atoms with Gasteiger partial charge in [-0.1, -0.05) is 6.58 Å². The van der Waals surface area contributed by atoms with Crippen LogP contribution in [0.3, 0.4) is 0 Å². The highest BCUT2D eigenvalue weighted by Crippen LogP contribution is 2.18.